The number of pyridine rings is 1. The molecule has 0 bridgehead atoms. The summed E-state index contributed by atoms with van der Waals surface area (Å²) in [5.74, 6) is 0.00797. The molecule has 1 aliphatic rings. The van der Waals surface area contributed by atoms with Crippen LogP contribution in [0.1, 0.15) is 25.3 Å². The summed E-state index contributed by atoms with van der Waals surface area (Å²) in [4.78, 5) is 16.7. The number of halogens is 1. The molecule has 0 radical (unpaired) electrons. The molecule has 6 heteroatoms. The number of benzene rings is 1. The smallest absolute Gasteiger partial charge is 0.261 e. The van der Waals surface area contributed by atoms with Gasteiger partial charge in [-0.15, -0.1) is 0 Å². The van der Waals surface area contributed by atoms with Gasteiger partial charge in [0.15, 0.2) is 6.10 Å². The molecule has 5 nitrogen and oxygen atoms in total. The molecule has 1 N–H and O–H groups in total. The van der Waals surface area contributed by atoms with Crippen LogP contribution in [-0.4, -0.2) is 30.2 Å². The fourth-order valence-corrected chi connectivity index (χ4v) is 2.99. The van der Waals surface area contributed by atoms with Crippen LogP contribution in [0.15, 0.2) is 48.8 Å². The Morgan fingerprint density at radius 1 is 1.28 bits per heavy atom. The molecule has 132 valence electrons. The van der Waals surface area contributed by atoms with E-state index in [4.69, 9.17) is 9.47 Å². The zero-order valence-corrected chi connectivity index (χ0v) is 14.1. The lowest BCUT2D eigenvalue weighted by molar-refractivity contribution is -0.130. The number of nitrogens with one attached hydrogen (secondary N) is 1. The Labute approximate surface area is 146 Å². The Morgan fingerprint density at radius 3 is 2.64 bits per heavy atom. The van der Waals surface area contributed by atoms with Crippen molar-refractivity contribution in [1.29, 1.82) is 0 Å². The molecular weight excluding hydrogens is 323 g/mol. The van der Waals surface area contributed by atoms with Crippen LogP contribution in [0.4, 0.5) is 4.39 Å². The second-order valence-corrected chi connectivity index (χ2v) is 6.14. The summed E-state index contributed by atoms with van der Waals surface area (Å²) in [6, 6.07) is 9.75. The van der Waals surface area contributed by atoms with Gasteiger partial charge < -0.3 is 14.8 Å². The Morgan fingerprint density at radius 2 is 2.00 bits per heavy atom. The highest BCUT2D eigenvalue weighted by Crippen LogP contribution is 2.32. The van der Waals surface area contributed by atoms with E-state index >= 15 is 0 Å². The molecule has 1 aromatic heterocycles. The van der Waals surface area contributed by atoms with Crippen molar-refractivity contribution in [2.24, 2.45) is 0 Å². The summed E-state index contributed by atoms with van der Waals surface area (Å²) in [5.41, 5.74) is 0.300. The molecule has 1 fully saturated rings. The van der Waals surface area contributed by atoms with E-state index in [1.807, 2.05) is 0 Å². The van der Waals surface area contributed by atoms with Gasteiger partial charge in [0.25, 0.3) is 5.91 Å². The molecule has 0 spiro atoms. The lowest BCUT2D eigenvalue weighted by atomic mass is 9.82. The van der Waals surface area contributed by atoms with Crippen LogP contribution in [0.25, 0.3) is 0 Å². The molecule has 0 aliphatic carbocycles. The fourth-order valence-electron chi connectivity index (χ4n) is 2.99. The van der Waals surface area contributed by atoms with Gasteiger partial charge in [0, 0.05) is 19.4 Å². The van der Waals surface area contributed by atoms with E-state index in [0.717, 1.165) is 5.56 Å². The van der Waals surface area contributed by atoms with Gasteiger partial charge in [-0.1, -0.05) is 12.1 Å². The second kappa shape index (κ2) is 7.61. The van der Waals surface area contributed by atoms with E-state index in [2.05, 4.69) is 10.3 Å². The van der Waals surface area contributed by atoms with Crippen molar-refractivity contribution in [3.63, 3.8) is 0 Å². The van der Waals surface area contributed by atoms with Gasteiger partial charge in [0.05, 0.1) is 11.7 Å². The van der Waals surface area contributed by atoms with Crippen molar-refractivity contribution in [2.75, 3.05) is 13.2 Å². The van der Waals surface area contributed by atoms with E-state index in [1.165, 1.54) is 12.1 Å². The Balaban J connectivity index is 1.75. The van der Waals surface area contributed by atoms with Crippen LogP contribution in [0.2, 0.25) is 0 Å². The Hall–Kier alpha value is -2.47. The van der Waals surface area contributed by atoms with Crippen molar-refractivity contribution in [3.05, 3.63) is 60.2 Å². The summed E-state index contributed by atoms with van der Waals surface area (Å²) in [6.45, 7) is 2.77. The first-order valence-corrected chi connectivity index (χ1v) is 8.32. The third-order valence-electron chi connectivity index (χ3n) is 4.42. The first-order valence-electron chi connectivity index (χ1n) is 8.32. The molecule has 1 saturated heterocycles. The lowest BCUT2D eigenvalue weighted by Crippen LogP contribution is -2.52. The fraction of sp³-hybridized carbons (Fsp3) is 0.368. The number of nitrogens with zero attached hydrogens (tertiary/aromatic N) is 1. The monoisotopic (exact) mass is 344 g/mol. The highest BCUT2D eigenvalue weighted by Gasteiger charge is 2.37. The van der Waals surface area contributed by atoms with Crippen LogP contribution in [-0.2, 0) is 15.1 Å². The number of carbonyl (C=O) groups is 1. The maximum Gasteiger partial charge on any atom is 0.261 e. The molecule has 1 atom stereocenters. The van der Waals surface area contributed by atoms with Crippen molar-refractivity contribution in [2.45, 2.75) is 31.4 Å². The van der Waals surface area contributed by atoms with E-state index in [9.17, 15) is 9.18 Å². The summed E-state index contributed by atoms with van der Waals surface area (Å²) < 4.78 is 24.4. The number of ether oxygens (including phenoxy) is 2. The van der Waals surface area contributed by atoms with Crippen molar-refractivity contribution in [1.82, 2.24) is 10.3 Å². The van der Waals surface area contributed by atoms with E-state index < -0.39 is 11.6 Å². The van der Waals surface area contributed by atoms with Crippen LogP contribution in [0.3, 0.4) is 0 Å². The van der Waals surface area contributed by atoms with E-state index in [-0.39, 0.29) is 11.7 Å². The van der Waals surface area contributed by atoms with E-state index in [1.54, 1.807) is 43.6 Å². The quantitative estimate of drug-likeness (QED) is 0.906. The molecular formula is C19H21FN2O3. The SMILES string of the molecule is C[C@@H](Oc1cccnc1)C(=O)NC1(c2ccc(F)cc2)CCOCC1. The van der Waals surface area contributed by atoms with Crippen LogP contribution in [0.5, 0.6) is 5.75 Å². The van der Waals surface area contributed by atoms with Gasteiger partial charge >= 0.3 is 0 Å². The topological polar surface area (TPSA) is 60.5 Å². The molecule has 0 unspecified atom stereocenters. The first kappa shape index (κ1) is 17.4. The molecule has 25 heavy (non-hydrogen) atoms. The number of hydrogen-bond donors (Lipinski definition) is 1. The number of carbonyl (C=O) groups excluding carboxylic acids is 1. The molecule has 1 amide bonds. The maximum absolute atomic E-state index is 13.3. The van der Waals surface area contributed by atoms with Crippen molar-refractivity contribution in [3.8, 4) is 5.75 Å². The normalized spacial score (nSPS) is 17.5. The highest BCUT2D eigenvalue weighted by molar-refractivity contribution is 5.81. The van der Waals surface area contributed by atoms with Crippen LogP contribution >= 0.6 is 0 Å². The predicted molar refractivity (Wildman–Crippen MR) is 90.6 cm³/mol. The molecule has 2 heterocycles. The lowest BCUT2D eigenvalue weighted by Gasteiger charge is -2.39. The van der Waals surface area contributed by atoms with Crippen molar-refractivity contribution < 1.29 is 18.7 Å². The minimum Gasteiger partial charge on any atom is -0.479 e. The third kappa shape index (κ3) is 4.14. The number of rotatable bonds is 5. The zero-order chi connectivity index (χ0) is 17.7. The van der Waals surface area contributed by atoms with Crippen LogP contribution < -0.4 is 10.1 Å². The summed E-state index contributed by atoms with van der Waals surface area (Å²) >= 11 is 0. The van der Waals surface area contributed by atoms with Gasteiger partial charge in [0.2, 0.25) is 0 Å². The average Bonchev–Trinajstić information content (AvgIpc) is 2.64. The standard InChI is InChI=1S/C19H21FN2O3/c1-14(25-17-3-2-10-21-13-17)18(23)22-19(8-11-24-12-9-19)15-4-6-16(20)7-5-15/h2-7,10,13-14H,8-9,11-12H2,1H3,(H,22,23)/t14-/m1/s1. The van der Waals surface area contributed by atoms with Gasteiger partial charge in [-0.05, 0) is 49.6 Å². The number of hydrogen-bond acceptors (Lipinski definition) is 4. The minimum absolute atomic E-state index is 0.227. The largest absolute Gasteiger partial charge is 0.479 e. The minimum atomic E-state index is -0.677. The van der Waals surface area contributed by atoms with E-state index in [0.29, 0.717) is 31.8 Å². The molecule has 2 aromatic rings. The third-order valence-corrected chi connectivity index (χ3v) is 4.42. The molecule has 1 aliphatic heterocycles. The maximum atomic E-state index is 13.3. The summed E-state index contributed by atoms with van der Waals surface area (Å²) in [6.07, 6.45) is 3.79. The Kier molecular flexibility index (Phi) is 5.28. The van der Waals surface area contributed by atoms with Gasteiger partial charge in [-0.2, -0.15) is 0 Å². The number of amides is 1. The summed E-state index contributed by atoms with van der Waals surface area (Å²) in [5, 5.41) is 3.10. The molecule has 1 aromatic carbocycles. The van der Waals surface area contributed by atoms with Gasteiger partial charge in [-0.25, -0.2) is 4.39 Å². The molecule has 3 rings (SSSR count). The zero-order valence-electron chi connectivity index (χ0n) is 14.1. The average molecular weight is 344 g/mol. The highest BCUT2D eigenvalue weighted by atomic mass is 19.1. The number of aromatic nitrogens is 1. The van der Waals surface area contributed by atoms with Crippen LogP contribution in [0, 0.1) is 5.82 Å². The first-order chi connectivity index (χ1) is 12.1. The molecule has 0 saturated carbocycles. The van der Waals surface area contributed by atoms with Crippen molar-refractivity contribution >= 4 is 5.91 Å². The predicted octanol–water partition coefficient (Wildman–Crippen LogP) is 2.81. The van der Waals surface area contributed by atoms with Gasteiger partial charge in [0.1, 0.15) is 11.6 Å². The Bertz CT molecular complexity index is 700. The summed E-state index contributed by atoms with van der Waals surface area (Å²) in [7, 11) is 0. The second-order valence-electron chi connectivity index (χ2n) is 6.14. The van der Waals surface area contributed by atoms with Gasteiger partial charge in [-0.3, -0.25) is 9.78 Å².